The molecule has 0 unspecified atom stereocenters. The van der Waals surface area contributed by atoms with Crippen molar-refractivity contribution in [2.75, 3.05) is 5.32 Å². The molecule has 9 heteroatoms. The maximum Gasteiger partial charge on any atom is 0.293 e. The number of anilines is 1. The zero-order valence-electron chi connectivity index (χ0n) is 19.2. The zero-order valence-corrected chi connectivity index (χ0v) is 22.4. The van der Waals surface area contributed by atoms with Crippen LogP contribution >= 0.6 is 39.5 Å². The van der Waals surface area contributed by atoms with Crippen LogP contribution in [0.2, 0.25) is 0 Å². The van der Waals surface area contributed by atoms with E-state index in [0.717, 1.165) is 39.7 Å². The van der Waals surface area contributed by atoms with E-state index in [1.165, 1.54) is 11.3 Å². The van der Waals surface area contributed by atoms with Gasteiger partial charge >= 0.3 is 0 Å². The van der Waals surface area contributed by atoms with Gasteiger partial charge < -0.3 is 15.5 Å². The number of amides is 2. The van der Waals surface area contributed by atoms with E-state index < -0.39 is 11.8 Å². The quantitative estimate of drug-likeness (QED) is 0.333. The predicted octanol–water partition coefficient (Wildman–Crippen LogP) is 6.15. The summed E-state index contributed by atoms with van der Waals surface area (Å²) in [6.45, 7) is 6.73. The Hall–Kier alpha value is -2.49. The Morgan fingerprint density at radius 1 is 1.18 bits per heavy atom. The fraction of sp³-hybridized carbons (Fsp3) is 0.320. The Bertz CT molecular complexity index is 1260. The molecule has 34 heavy (non-hydrogen) atoms. The van der Waals surface area contributed by atoms with Crippen LogP contribution < -0.4 is 16.4 Å². The van der Waals surface area contributed by atoms with Crippen molar-refractivity contribution >= 4 is 61.4 Å². The number of nitrogens with two attached hydrogens (primary N) is 1. The van der Waals surface area contributed by atoms with Gasteiger partial charge in [-0.3, -0.25) is 14.9 Å². The monoisotopic (exact) mass is 559 g/mol. The minimum atomic E-state index is -0.492. The molecule has 0 spiro atoms. The van der Waals surface area contributed by atoms with Crippen LogP contribution in [0.3, 0.4) is 0 Å². The Morgan fingerprint density at radius 3 is 2.53 bits per heavy atom. The fourth-order valence-electron chi connectivity index (χ4n) is 4.20. The first kappa shape index (κ1) is 24.6. The molecule has 0 aliphatic heterocycles. The number of carbonyl (C=O) groups excluding carboxylic acids is 2. The maximum atomic E-state index is 12.7. The minimum Gasteiger partial charge on any atom is -0.451 e. The third-order valence-electron chi connectivity index (χ3n) is 6.15. The lowest BCUT2D eigenvalue weighted by Crippen LogP contribution is -2.34. The number of hydrogen-bond donors (Lipinski definition) is 3. The molecule has 4 rings (SSSR count). The zero-order chi connectivity index (χ0) is 24.6. The average molecular weight is 561 g/mol. The van der Waals surface area contributed by atoms with Crippen molar-refractivity contribution in [3.8, 4) is 11.3 Å². The molecule has 1 aliphatic rings. The topological polar surface area (TPSA) is 97.4 Å². The number of furan rings is 1. The van der Waals surface area contributed by atoms with Gasteiger partial charge in [-0.2, -0.15) is 0 Å². The Balaban J connectivity index is 1.47. The van der Waals surface area contributed by atoms with E-state index in [2.05, 4.69) is 47.3 Å². The Morgan fingerprint density at radius 2 is 1.88 bits per heavy atom. The molecular weight excluding hydrogens is 534 g/mol. The number of hydrogen-bond acceptors (Lipinski definition) is 5. The molecule has 0 radical (unpaired) electrons. The van der Waals surface area contributed by atoms with Crippen molar-refractivity contribution in [3.63, 3.8) is 0 Å². The lowest BCUT2D eigenvalue weighted by Gasteiger charge is -2.33. The van der Waals surface area contributed by atoms with Gasteiger partial charge in [-0.05, 0) is 72.6 Å². The van der Waals surface area contributed by atoms with Gasteiger partial charge in [0.15, 0.2) is 10.9 Å². The first-order chi connectivity index (χ1) is 16.0. The molecule has 178 valence electrons. The highest BCUT2D eigenvalue weighted by Crippen LogP contribution is 2.44. The Kier molecular flexibility index (Phi) is 6.98. The summed E-state index contributed by atoms with van der Waals surface area (Å²) in [5, 5.41) is 6.31. The standard InChI is InChI=1S/C25H26BrN3O3S2/c1-25(2,3)14-6-9-16-19(12-14)34-23(20(16)21(27)30)29-24(33)28-22(31)18-11-10-17(32-18)13-4-7-15(26)8-5-13/h4-5,7-8,10-11,14H,6,9,12H2,1-3H3,(H2,27,30)(H2,28,29,31,33)/t14-/m1/s1. The third kappa shape index (κ3) is 5.26. The van der Waals surface area contributed by atoms with Crippen molar-refractivity contribution in [1.82, 2.24) is 5.32 Å². The van der Waals surface area contributed by atoms with Crippen molar-refractivity contribution in [2.24, 2.45) is 17.1 Å². The summed E-state index contributed by atoms with van der Waals surface area (Å²) in [5.41, 5.74) is 8.23. The van der Waals surface area contributed by atoms with Gasteiger partial charge in [-0.15, -0.1) is 11.3 Å². The third-order valence-corrected chi connectivity index (χ3v) is 8.05. The predicted molar refractivity (Wildman–Crippen MR) is 143 cm³/mol. The van der Waals surface area contributed by atoms with E-state index in [1.54, 1.807) is 12.1 Å². The number of thiophene rings is 1. The molecule has 2 amide bonds. The molecule has 3 aromatic rings. The fourth-order valence-corrected chi connectivity index (χ4v) is 6.06. The second kappa shape index (κ2) is 9.64. The highest BCUT2D eigenvalue weighted by atomic mass is 79.9. The van der Waals surface area contributed by atoms with E-state index in [1.807, 2.05) is 24.3 Å². The highest BCUT2D eigenvalue weighted by molar-refractivity contribution is 9.10. The molecule has 0 saturated heterocycles. The smallest absolute Gasteiger partial charge is 0.293 e. The van der Waals surface area contributed by atoms with Gasteiger partial charge in [0, 0.05) is 14.9 Å². The molecule has 4 N–H and O–H groups in total. The first-order valence-corrected chi connectivity index (χ1v) is 13.0. The van der Waals surface area contributed by atoms with Gasteiger partial charge in [-0.1, -0.05) is 48.8 Å². The first-order valence-electron chi connectivity index (χ1n) is 11.0. The molecule has 0 bridgehead atoms. The van der Waals surface area contributed by atoms with Crippen LogP contribution in [-0.2, 0) is 12.8 Å². The molecule has 2 heterocycles. The van der Waals surface area contributed by atoms with E-state index in [9.17, 15) is 9.59 Å². The number of thiocarbonyl (C=S) groups is 1. The van der Waals surface area contributed by atoms with E-state index in [0.29, 0.717) is 22.2 Å². The van der Waals surface area contributed by atoms with Gasteiger partial charge in [-0.25, -0.2) is 0 Å². The summed E-state index contributed by atoms with van der Waals surface area (Å²) in [7, 11) is 0. The normalized spacial score (nSPS) is 15.5. The molecule has 6 nitrogen and oxygen atoms in total. The molecule has 0 fully saturated rings. The van der Waals surface area contributed by atoms with Gasteiger partial charge in [0.25, 0.3) is 11.8 Å². The lowest BCUT2D eigenvalue weighted by atomic mass is 9.72. The van der Waals surface area contributed by atoms with Crippen molar-refractivity contribution in [2.45, 2.75) is 40.0 Å². The van der Waals surface area contributed by atoms with Crippen LogP contribution in [0, 0.1) is 11.3 Å². The number of benzene rings is 1. The second-order valence-electron chi connectivity index (χ2n) is 9.46. The highest BCUT2D eigenvalue weighted by Gasteiger charge is 2.33. The maximum absolute atomic E-state index is 12.7. The summed E-state index contributed by atoms with van der Waals surface area (Å²) in [5.74, 6) is 0.268. The number of halogens is 1. The number of carbonyl (C=O) groups is 2. The molecular formula is C25H26BrN3O3S2. The number of rotatable bonds is 4. The van der Waals surface area contributed by atoms with Crippen molar-refractivity contribution < 1.29 is 14.0 Å². The van der Waals surface area contributed by atoms with Gasteiger partial charge in [0.2, 0.25) is 0 Å². The van der Waals surface area contributed by atoms with Crippen LogP contribution in [0.1, 0.15) is 58.5 Å². The minimum absolute atomic E-state index is 0.0834. The van der Waals surface area contributed by atoms with Crippen LogP contribution in [0.5, 0.6) is 0 Å². The van der Waals surface area contributed by atoms with Gasteiger partial charge in [0.05, 0.1) is 5.56 Å². The summed E-state index contributed by atoms with van der Waals surface area (Å²) < 4.78 is 6.66. The number of nitrogens with one attached hydrogen (secondary N) is 2. The van der Waals surface area contributed by atoms with E-state index in [-0.39, 0.29) is 16.3 Å². The van der Waals surface area contributed by atoms with Crippen molar-refractivity contribution in [3.05, 3.63) is 62.6 Å². The van der Waals surface area contributed by atoms with Crippen LogP contribution in [-0.4, -0.2) is 16.9 Å². The molecule has 2 aromatic heterocycles. The SMILES string of the molecule is CC(C)(C)[C@@H]1CCc2c(sc(NC(=S)NC(=O)c3ccc(-c4ccc(Br)cc4)o3)c2C(N)=O)C1. The molecule has 1 aromatic carbocycles. The summed E-state index contributed by atoms with van der Waals surface area (Å²) in [6, 6.07) is 10.9. The number of primary amides is 1. The molecule has 0 saturated carbocycles. The van der Waals surface area contributed by atoms with Gasteiger partial charge in [0.1, 0.15) is 10.8 Å². The summed E-state index contributed by atoms with van der Waals surface area (Å²) in [4.78, 5) is 26.1. The van der Waals surface area contributed by atoms with Crippen LogP contribution in [0.15, 0.2) is 45.3 Å². The van der Waals surface area contributed by atoms with Crippen LogP contribution in [0.4, 0.5) is 5.00 Å². The summed E-state index contributed by atoms with van der Waals surface area (Å²) >= 11 is 10.2. The van der Waals surface area contributed by atoms with Crippen LogP contribution in [0.25, 0.3) is 11.3 Å². The molecule has 1 aliphatic carbocycles. The lowest BCUT2D eigenvalue weighted by molar-refractivity contribution is 0.0950. The van der Waals surface area contributed by atoms with Crippen molar-refractivity contribution in [1.29, 1.82) is 0 Å². The Labute approximate surface area is 216 Å². The molecule has 1 atom stereocenters. The number of fused-ring (bicyclic) bond motifs is 1. The van der Waals surface area contributed by atoms with E-state index >= 15 is 0 Å². The summed E-state index contributed by atoms with van der Waals surface area (Å²) in [6.07, 6.45) is 2.71. The van der Waals surface area contributed by atoms with E-state index in [4.69, 9.17) is 22.4 Å². The second-order valence-corrected chi connectivity index (χ2v) is 11.9. The largest absolute Gasteiger partial charge is 0.451 e. The average Bonchev–Trinajstić information content (AvgIpc) is 3.37.